The average Bonchev–Trinajstić information content (AvgIpc) is 2.76. The van der Waals surface area contributed by atoms with Crippen molar-refractivity contribution in [3.8, 4) is 11.5 Å². The Balaban J connectivity index is 2.18. The molecule has 8 nitrogen and oxygen atoms in total. The number of nitrogens with one attached hydrogen (secondary N) is 2. The number of carbonyl (C=O) groups excluding carboxylic acids is 3. The molecule has 0 saturated heterocycles. The Morgan fingerprint density at radius 2 is 1.72 bits per heavy atom. The summed E-state index contributed by atoms with van der Waals surface area (Å²) in [6.07, 6.45) is 1.38. The fraction of sp³-hybridized carbons (Fsp3) is 0.190. The summed E-state index contributed by atoms with van der Waals surface area (Å²) in [4.78, 5) is 36.2. The first kappa shape index (κ1) is 21.5. The average molecular weight is 398 g/mol. The molecular formula is C21H22N2O6. The van der Waals surface area contributed by atoms with E-state index in [-0.39, 0.29) is 0 Å². The van der Waals surface area contributed by atoms with Crippen molar-refractivity contribution in [3.05, 3.63) is 65.7 Å². The monoisotopic (exact) mass is 398 g/mol. The summed E-state index contributed by atoms with van der Waals surface area (Å²) in [6.45, 7) is 0. The molecule has 3 amide bonds. The zero-order chi connectivity index (χ0) is 21.2. The maximum atomic E-state index is 12.4. The van der Waals surface area contributed by atoms with Crippen molar-refractivity contribution in [2.24, 2.45) is 0 Å². The molecule has 0 aliphatic heterocycles. The van der Waals surface area contributed by atoms with Crippen LogP contribution in [0.25, 0.3) is 6.08 Å². The summed E-state index contributed by atoms with van der Waals surface area (Å²) >= 11 is 0. The fourth-order valence-electron chi connectivity index (χ4n) is 2.41. The smallest absolute Gasteiger partial charge is 0.331 e. The van der Waals surface area contributed by atoms with Crippen molar-refractivity contribution < 1.29 is 28.6 Å². The van der Waals surface area contributed by atoms with Crippen LogP contribution in [-0.2, 0) is 14.3 Å². The van der Waals surface area contributed by atoms with Crippen LogP contribution in [0.2, 0.25) is 0 Å². The van der Waals surface area contributed by atoms with Gasteiger partial charge in [-0.05, 0) is 18.2 Å². The molecule has 2 rings (SSSR count). The highest BCUT2D eigenvalue weighted by Crippen LogP contribution is 2.26. The van der Waals surface area contributed by atoms with Crippen molar-refractivity contribution in [3.63, 3.8) is 0 Å². The molecule has 8 heteroatoms. The Morgan fingerprint density at radius 3 is 2.34 bits per heavy atom. The topological polar surface area (TPSA) is 103 Å². The largest absolute Gasteiger partial charge is 0.497 e. The van der Waals surface area contributed by atoms with E-state index in [0.29, 0.717) is 22.6 Å². The lowest BCUT2D eigenvalue weighted by molar-refractivity contribution is -0.151. The van der Waals surface area contributed by atoms with Crippen LogP contribution in [0.15, 0.2) is 54.6 Å². The van der Waals surface area contributed by atoms with Gasteiger partial charge in [0.25, 0.3) is 5.91 Å². The third-order valence-corrected chi connectivity index (χ3v) is 3.88. The van der Waals surface area contributed by atoms with Gasteiger partial charge in [0.05, 0.1) is 14.2 Å². The summed E-state index contributed by atoms with van der Waals surface area (Å²) in [5.74, 6) is -0.412. The molecule has 1 unspecified atom stereocenters. The van der Waals surface area contributed by atoms with Crippen LogP contribution in [0.5, 0.6) is 11.5 Å². The Labute approximate surface area is 168 Å². The van der Waals surface area contributed by atoms with Gasteiger partial charge in [-0.15, -0.1) is 0 Å². The van der Waals surface area contributed by atoms with E-state index in [2.05, 4.69) is 10.6 Å². The molecule has 152 valence electrons. The molecule has 0 bridgehead atoms. The van der Waals surface area contributed by atoms with Crippen LogP contribution in [0, 0.1) is 0 Å². The van der Waals surface area contributed by atoms with Crippen molar-refractivity contribution in [2.75, 3.05) is 21.3 Å². The second-order valence-corrected chi connectivity index (χ2v) is 5.74. The number of esters is 1. The summed E-state index contributed by atoms with van der Waals surface area (Å²) in [6, 6.07) is 12.8. The summed E-state index contributed by atoms with van der Waals surface area (Å²) < 4.78 is 15.7. The molecule has 29 heavy (non-hydrogen) atoms. The molecule has 0 heterocycles. The van der Waals surface area contributed by atoms with E-state index >= 15 is 0 Å². The van der Waals surface area contributed by atoms with Crippen molar-refractivity contribution in [2.45, 2.75) is 6.10 Å². The van der Waals surface area contributed by atoms with Gasteiger partial charge in [-0.3, -0.25) is 10.1 Å². The van der Waals surface area contributed by atoms with E-state index in [1.54, 1.807) is 48.5 Å². The molecule has 0 spiro atoms. The number of methoxy groups -OCH3 is 2. The number of hydrogen-bond acceptors (Lipinski definition) is 6. The third-order valence-electron chi connectivity index (χ3n) is 3.88. The molecule has 2 aromatic rings. The van der Waals surface area contributed by atoms with Crippen LogP contribution in [0.4, 0.5) is 4.79 Å². The Hall–Kier alpha value is -3.81. The van der Waals surface area contributed by atoms with Gasteiger partial charge in [0.1, 0.15) is 11.5 Å². The molecule has 2 aromatic carbocycles. The molecule has 0 radical (unpaired) electrons. The number of carbonyl (C=O) groups is 3. The molecule has 0 saturated carbocycles. The first-order valence-electron chi connectivity index (χ1n) is 8.66. The predicted octanol–water partition coefficient (Wildman–Crippen LogP) is 2.46. The van der Waals surface area contributed by atoms with E-state index < -0.39 is 24.0 Å². The normalized spacial score (nSPS) is 11.4. The second kappa shape index (κ2) is 10.5. The molecule has 0 aromatic heterocycles. The maximum Gasteiger partial charge on any atom is 0.331 e. The van der Waals surface area contributed by atoms with Crippen LogP contribution in [0.3, 0.4) is 0 Å². The minimum Gasteiger partial charge on any atom is -0.497 e. The molecule has 2 N–H and O–H groups in total. The van der Waals surface area contributed by atoms with E-state index in [4.69, 9.17) is 14.2 Å². The van der Waals surface area contributed by atoms with E-state index in [0.717, 1.165) is 0 Å². The number of hydrogen-bond donors (Lipinski definition) is 2. The van der Waals surface area contributed by atoms with Gasteiger partial charge in [0.15, 0.2) is 0 Å². The summed E-state index contributed by atoms with van der Waals surface area (Å²) in [5.41, 5.74) is 1.05. The van der Waals surface area contributed by atoms with Gasteiger partial charge in [-0.1, -0.05) is 30.3 Å². The van der Waals surface area contributed by atoms with Crippen molar-refractivity contribution in [1.29, 1.82) is 0 Å². The van der Waals surface area contributed by atoms with Crippen LogP contribution in [0.1, 0.15) is 17.2 Å². The quantitative estimate of drug-likeness (QED) is 0.549. The van der Waals surface area contributed by atoms with E-state index in [9.17, 15) is 14.4 Å². The molecule has 0 aliphatic rings. The molecule has 0 fully saturated rings. The molecule has 1 atom stereocenters. The minimum absolute atomic E-state index is 0.428. The van der Waals surface area contributed by atoms with Gasteiger partial charge in [0, 0.05) is 30.3 Å². The SMILES string of the molecule is CNC(=O)NC(=O)C(OC(=O)/C=C/c1ccc(OC)cc1OC)c1ccccc1. The van der Waals surface area contributed by atoms with Crippen LogP contribution in [-0.4, -0.2) is 39.2 Å². The Kier molecular flexibility index (Phi) is 7.78. The van der Waals surface area contributed by atoms with Crippen molar-refractivity contribution in [1.82, 2.24) is 10.6 Å². The second-order valence-electron chi connectivity index (χ2n) is 5.74. The van der Waals surface area contributed by atoms with Gasteiger partial charge in [-0.25, -0.2) is 9.59 Å². The van der Waals surface area contributed by atoms with E-state index in [1.807, 2.05) is 0 Å². The lowest BCUT2D eigenvalue weighted by Gasteiger charge is -2.16. The number of urea groups is 1. The highest BCUT2D eigenvalue weighted by molar-refractivity contribution is 5.98. The number of benzene rings is 2. The Bertz CT molecular complexity index is 895. The molecule has 0 aliphatic carbocycles. The first-order chi connectivity index (χ1) is 14.0. The van der Waals surface area contributed by atoms with Gasteiger partial charge >= 0.3 is 12.0 Å². The Morgan fingerprint density at radius 1 is 1.00 bits per heavy atom. The zero-order valence-electron chi connectivity index (χ0n) is 16.3. The highest BCUT2D eigenvalue weighted by Gasteiger charge is 2.25. The van der Waals surface area contributed by atoms with E-state index in [1.165, 1.54) is 33.4 Å². The minimum atomic E-state index is -1.29. The number of imide groups is 1. The standard InChI is InChI=1S/C21H22N2O6/c1-22-21(26)23-20(25)19(15-7-5-4-6-8-15)29-18(24)12-10-14-9-11-16(27-2)13-17(14)28-3/h4-13,19H,1-3H3,(H2,22,23,25,26)/b12-10+. The number of amides is 3. The summed E-state index contributed by atoms with van der Waals surface area (Å²) in [5, 5.41) is 4.39. The van der Waals surface area contributed by atoms with Crippen molar-refractivity contribution >= 4 is 24.0 Å². The first-order valence-corrected chi connectivity index (χ1v) is 8.66. The number of rotatable bonds is 7. The van der Waals surface area contributed by atoms with Gasteiger partial charge in [-0.2, -0.15) is 0 Å². The lowest BCUT2D eigenvalue weighted by Crippen LogP contribution is -2.41. The number of ether oxygens (including phenoxy) is 3. The maximum absolute atomic E-state index is 12.4. The highest BCUT2D eigenvalue weighted by atomic mass is 16.5. The van der Waals surface area contributed by atoms with Crippen LogP contribution >= 0.6 is 0 Å². The van der Waals surface area contributed by atoms with Gasteiger partial charge < -0.3 is 19.5 Å². The predicted molar refractivity (Wildman–Crippen MR) is 106 cm³/mol. The third kappa shape index (κ3) is 6.10. The fourth-order valence-corrected chi connectivity index (χ4v) is 2.41. The van der Waals surface area contributed by atoms with Crippen LogP contribution < -0.4 is 20.1 Å². The molecular weight excluding hydrogens is 376 g/mol. The summed E-state index contributed by atoms with van der Waals surface area (Å²) in [7, 11) is 4.41. The zero-order valence-corrected chi connectivity index (χ0v) is 16.3. The lowest BCUT2D eigenvalue weighted by atomic mass is 10.1. The van der Waals surface area contributed by atoms with Gasteiger partial charge in [0.2, 0.25) is 6.10 Å².